The molecule has 3 aromatic heterocycles. The third-order valence-corrected chi connectivity index (χ3v) is 14.5. The molecule has 9 aromatic carbocycles. The molecule has 0 aliphatic carbocycles. The van der Waals surface area contributed by atoms with Crippen LogP contribution in [0.5, 0.6) is 0 Å². The molecular weight excluding hydrogens is 879 g/mol. The van der Waals surface area contributed by atoms with E-state index in [1.165, 1.54) is 10.8 Å². The van der Waals surface area contributed by atoms with Crippen LogP contribution in [0.15, 0.2) is 273 Å². The van der Waals surface area contributed by atoms with E-state index in [2.05, 4.69) is 297 Å². The van der Waals surface area contributed by atoms with Crippen molar-refractivity contribution in [1.29, 1.82) is 0 Å². The monoisotopic (exact) mass is 923 g/mol. The van der Waals surface area contributed by atoms with Crippen molar-refractivity contribution in [2.45, 2.75) is 0 Å². The highest BCUT2D eigenvalue weighted by molar-refractivity contribution is 7.20. The maximum atomic E-state index is 2.40. The van der Waals surface area contributed by atoms with Gasteiger partial charge in [-0.15, -0.1) is 0 Å². The Labute approximate surface area is 410 Å². The standard InChI is InChI=1S/C62H45N5S2/c1-8-22-46(23-9-1)63(47-24-10-2-11-25-47)59-40-42-61(68-59)65(50-30-16-5-17-31-50)53-36-38-57-55(44-53)56-45-54(37-39-58(56)67(57)52-34-20-7-21-35-52)66(51-32-18-6-19-33-51)62-43-41-60(69-62)64(48-26-12-3-13-27-48)49-28-14-4-15-29-49/h1-45H. The molecule has 12 rings (SSSR count). The first-order valence-corrected chi connectivity index (χ1v) is 24.7. The van der Waals surface area contributed by atoms with Gasteiger partial charge in [0.1, 0.15) is 20.0 Å². The Morgan fingerprint density at radius 2 is 0.478 bits per heavy atom. The molecule has 0 fully saturated rings. The summed E-state index contributed by atoms with van der Waals surface area (Å²) < 4.78 is 2.40. The van der Waals surface area contributed by atoms with Gasteiger partial charge in [-0.3, -0.25) is 0 Å². The maximum Gasteiger partial charge on any atom is 0.102 e. The first kappa shape index (κ1) is 41.8. The number of thiophene rings is 2. The van der Waals surface area contributed by atoms with E-state index in [4.69, 9.17) is 0 Å². The molecule has 69 heavy (non-hydrogen) atoms. The highest BCUT2D eigenvalue weighted by Gasteiger charge is 2.24. The van der Waals surface area contributed by atoms with Gasteiger partial charge in [-0.05, 0) is 146 Å². The van der Waals surface area contributed by atoms with Crippen LogP contribution >= 0.6 is 22.7 Å². The van der Waals surface area contributed by atoms with Crippen LogP contribution in [0.25, 0.3) is 27.5 Å². The van der Waals surface area contributed by atoms with E-state index in [0.29, 0.717) is 0 Å². The number of hydrogen-bond donors (Lipinski definition) is 0. The third-order valence-electron chi connectivity index (χ3n) is 12.4. The van der Waals surface area contributed by atoms with E-state index in [1.54, 1.807) is 22.7 Å². The summed E-state index contributed by atoms with van der Waals surface area (Å²) >= 11 is 3.56. The fourth-order valence-corrected chi connectivity index (χ4v) is 11.5. The predicted octanol–water partition coefficient (Wildman–Crippen LogP) is 18.8. The first-order chi connectivity index (χ1) is 34.2. The number of hydrogen-bond acceptors (Lipinski definition) is 6. The molecular formula is C62H45N5S2. The molecule has 0 radical (unpaired) electrons. The van der Waals surface area contributed by atoms with Crippen LogP contribution in [0.2, 0.25) is 0 Å². The third kappa shape index (κ3) is 8.10. The molecule has 3 heterocycles. The van der Waals surface area contributed by atoms with Crippen molar-refractivity contribution in [2.75, 3.05) is 19.6 Å². The molecule has 0 aliphatic heterocycles. The lowest BCUT2D eigenvalue weighted by molar-refractivity contribution is 1.18. The summed E-state index contributed by atoms with van der Waals surface area (Å²) in [4.78, 5) is 9.47. The highest BCUT2D eigenvalue weighted by atomic mass is 32.1. The van der Waals surface area contributed by atoms with Crippen molar-refractivity contribution in [3.63, 3.8) is 0 Å². The van der Waals surface area contributed by atoms with Crippen molar-refractivity contribution in [3.8, 4) is 5.69 Å². The lowest BCUT2D eigenvalue weighted by Crippen LogP contribution is -2.09. The molecule has 0 bridgehead atoms. The normalized spacial score (nSPS) is 11.2. The molecule has 0 saturated carbocycles. The molecule has 12 aromatic rings. The minimum Gasteiger partial charge on any atom is -0.309 e. The molecule has 0 saturated heterocycles. The van der Waals surface area contributed by atoms with Gasteiger partial charge in [0.25, 0.3) is 0 Å². The number of aromatic nitrogens is 1. The van der Waals surface area contributed by atoms with Crippen molar-refractivity contribution in [1.82, 2.24) is 4.57 Å². The second-order valence-electron chi connectivity index (χ2n) is 16.7. The fourth-order valence-electron chi connectivity index (χ4n) is 9.33. The minimum absolute atomic E-state index is 1.08. The molecule has 0 unspecified atom stereocenters. The second-order valence-corrected chi connectivity index (χ2v) is 18.7. The van der Waals surface area contributed by atoms with E-state index in [1.807, 2.05) is 0 Å². The zero-order chi connectivity index (χ0) is 45.9. The van der Waals surface area contributed by atoms with Gasteiger partial charge < -0.3 is 24.2 Å². The molecule has 0 spiro atoms. The van der Waals surface area contributed by atoms with Crippen molar-refractivity contribution in [3.05, 3.63) is 273 Å². The Bertz CT molecular complexity index is 3320. The lowest BCUT2D eigenvalue weighted by Gasteiger charge is -2.25. The van der Waals surface area contributed by atoms with Crippen LogP contribution < -0.4 is 19.6 Å². The topological polar surface area (TPSA) is 17.9 Å². The number of nitrogens with zero attached hydrogens (tertiary/aromatic N) is 5. The number of rotatable bonds is 13. The average molecular weight is 924 g/mol. The van der Waals surface area contributed by atoms with E-state index >= 15 is 0 Å². The van der Waals surface area contributed by atoms with Gasteiger partial charge in [-0.25, -0.2) is 0 Å². The van der Waals surface area contributed by atoms with E-state index in [9.17, 15) is 0 Å². The van der Waals surface area contributed by atoms with Crippen LogP contribution in [0.4, 0.5) is 65.5 Å². The molecule has 330 valence electrons. The summed E-state index contributed by atoms with van der Waals surface area (Å²) in [5, 5.41) is 6.82. The molecule has 0 atom stereocenters. The van der Waals surface area contributed by atoms with Crippen LogP contribution in [-0.4, -0.2) is 4.57 Å². The summed E-state index contributed by atoms with van der Waals surface area (Å²) in [6.45, 7) is 0. The number of anilines is 12. The minimum atomic E-state index is 1.08. The van der Waals surface area contributed by atoms with E-state index < -0.39 is 0 Å². The van der Waals surface area contributed by atoms with Crippen LogP contribution in [0.1, 0.15) is 0 Å². The van der Waals surface area contributed by atoms with Gasteiger partial charge in [0, 0.05) is 62.0 Å². The smallest absolute Gasteiger partial charge is 0.102 e. The van der Waals surface area contributed by atoms with Crippen LogP contribution in [0.3, 0.4) is 0 Å². The summed E-state index contributed by atoms with van der Waals surface area (Å²) in [6, 6.07) is 97.6. The van der Waals surface area contributed by atoms with Crippen LogP contribution in [0, 0.1) is 0 Å². The number of para-hydroxylation sites is 7. The molecule has 0 N–H and O–H groups in total. The zero-order valence-electron chi connectivity index (χ0n) is 37.5. The number of fused-ring (bicyclic) bond motifs is 3. The quantitative estimate of drug-likeness (QED) is 0.115. The molecule has 7 heteroatoms. The van der Waals surface area contributed by atoms with Crippen molar-refractivity contribution >= 4 is 110 Å². The Morgan fingerprint density at radius 1 is 0.232 bits per heavy atom. The number of benzene rings is 9. The first-order valence-electron chi connectivity index (χ1n) is 23.1. The Kier molecular flexibility index (Phi) is 11.2. The molecule has 5 nitrogen and oxygen atoms in total. The lowest BCUT2D eigenvalue weighted by atomic mass is 10.1. The Balaban J connectivity index is 1.02. The van der Waals surface area contributed by atoms with E-state index in [-0.39, 0.29) is 0 Å². The van der Waals surface area contributed by atoms with Crippen molar-refractivity contribution in [2.24, 2.45) is 0 Å². The summed E-state index contributed by atoms with van der Waals surface area (Å²) in [5.41, 5.74) is 12.2. The average Bonchev–Trinajstić information content (AvgIpc) is 4.17. The maximum absolute atomic E-state index is 2.40. The highest BCUT2D eigenvalue weighted by Crippen LogP contribution is 2.49. The zero-order valence-corrected chi connectivity index (χ0v) is 39.2. The van der Waals surface area contributed by atoms with Crippen LogP contribution in [-0.2, 0) is 0 Å². The van der Waals surface area contributed by atoms with E-state index in [0.717, 1.165) is 82.2 Å². The van der Waals surface area contributed by atoms with Gasteiger partial charge in [-0.1, -0.05) is 150 Å². The molecule has 0 amide bonds. The second kappa shape index (κ2) is 18.6. The van der Waals surface area contributed by atoms with Gasteiger partial charge in [0.05, 0.1) is 11.0 Å². The summed E-state index contributed by atoms with van der Waals surface area (Å²) in [6.07, 6.45) is 0. The van der Waals surface area contributed by atoms with Crippen molar-refractivity contribution < 1.29 is 0 Å². The Morgan fingerprint density at radius 3 is 0.754 bits per heavy atom. The Hall–Kier alpha value is -8.62. The summed E-state index contributed by atoms with van der Waals surface area (Å²) in [5.74, 6) is 0. The summed E-state index contributed by atoms with van der Waals surface area (Å²) in [7, 11) is 0. The van der Waals surface area contributed by atoms with Gasteiger partial charge >= 0.3 is 0 Å². The SMILES string of the molecule is c1ccc(N(c2ccccc2)c2ccc(N(c3ccccc3)c3ccc4c(c3)c3cc(N(c5ccccc5)c5ccc(N(c6ccccc6)c6ccccc6)s5)ccc3n4-c3ccccc3)s2)cc1. The molecule has 0 aliphatic rings. The fraction of sp³-hybridized carbons (Fsp3) is 0. The largest absolute Gasteiger partial charge is 0.309 e. The predicted molar refractivity (Wildman–Crippen MR) is 295 cm³/mol. The van der Waals surface area contributed by atoms with Gasteiger partial charge in [0.2, 0.25) is 0 Å². The van der Waals surface area contributed by atoms with Gasteiger partial charge in [-0.2, -0.15) is 0 Å². The van der Waals surface area contributed by atoms with Gasteiger partial charge in [0.15, 0.2) is 0 Å².